The third-order valence-corrected chi connectivity index (χ3v) is 3.54. The smallest absolute Gasteiger partial charge is 0.349 e. The Kier molecular flexibility index (Phi) is 3.64. The summed E-state index contributed by atoms with van der Waals surface area (Å²) in [6, 6.07) is 8.43. The highest BCUT2D eigenvalue weighted by molar-refractivity contribution is 5.97. The van der Waals surface area contributed by atoms with Crippen LogP contribution in [0.3, 0.4) is 0 Å². The van der Waals surface area contributed by atoms with Gasteiger partial charge in [-0.1, -0.05) is 18.2 Å². The number of primary amides is 1. The lowest BCUT2D eigenvalue weighted by Crippen LogP contribution is -2.51. The van der Waals surface area contributed by atoms with E-state index in [0.29, 0.717) is 11.0 Å². The van der Waals surface area contributed by atoms with E-state index >= 15 is 0 Å². The van der Waals surface area contributed by atoms with E-state index in [1.54, 1.807) is 24.3 Å². The van der Waals surface area contributed by atoms with Gasteiger partial charge in [0.05, 0.1) is 13.2 Å². The van der Waals surface area contributed by atoms with Crippen LogP contribution in [0.2, 0.25) is 0 Å². The van der Waals surface area contributed by atoms with Gasteiger partial charge < -0.3 is 19.8 Å². The monoisotopic (exact) mass is 302 g/mol. The van der Waals surface area contributed by atoms with Gasteiger partial charge in [0, 0.05) is 11.9 Å². The number of rotatable bonds is 2. The molecule has 1 saturated heterocycles. The van der Waals surface area contributed by atoms with Crippen molar-refractivity contribution in [3.05, 3.63) is 46.3 Å². The zero-order valence-corrected chi connectivity index (χ0v) is 11.7. The van der Waals surface area contributed by atoms with Crippen LogP contribution in [0.15, 0.2) is 39.5 Å². The van der Waals surface area contributed by atoms with E-state index in [1.807, 2.05) is 0 Å². The van der Waals surface area contributed by atoms with Gasteiger partial charge in [0.2, 0.25) is 5.91 Å². The van der Waals surface area contributed by atoms with Crippen LogP contribution in [0.1, 0.15) is 10.4 Å². The lowest BCUT2D eigenvalue weighted by molar-refractivity contribution is -0.133. The van der Waals surface area contributed by atoms with E-state index in [0.717, 1.165) is 0 Å². The van der Waals surface area contributed by atoms with E-state index in [-0.39, 0.29) is 25.3 Å². The average Bonchev–Trinajstić information content (AvgIpc) is 2.53. The lowest BCUT2D eigenvalue weighted by Gasteiger charge is -2.31. The number of nitrogens with two attached hydrogens (primary N) is 1. The molecule has 1 fully saturated rings. The molecule has 7 nitrogen and oxygen atoms in total. The number of hydrogen-bond acceptors (Lipinski definition) is 5. The molecule has 2 amide bonds. The minimum Gasteiger partial charge on any atom is -0.422 e. The highest BCUT2D eigenvalue weighted by Crippen LogP contribution is 2.15. The first-order valence-corrected chi connectivity index (χ1v) is 6.79. The minimum absolute atomic E-state index is 0.0282. The highest BCUT2D eigenvalue weighted by Gasteiger charge is 2.29. The second kappa shape index (κ2) is 5.61. The molecule has 1 aromatic heterocycles. The summed E-state index contributed by atoms with van der Waals surface area (Å²) in [6.07, 6.45) is -0.856. The van der Waals surface area contributed by atoms with Gasteiger partial charge in [-0.25, -0.2) is 4.79 Å². The number of hydrogen-bond donors (Lipinski definition) is 1. The number of benzene rings is 1. The summed E-state index contributed by atoms with van der Waals surface area (Å²) >= 11 is 0. The summed E-state index contributed by atoms with van der Waals surface area (Å²) in [7, 11) is 0. The Hall–Kier alpha value is -2.67. The molecule has 0 aliphatic carbocycles. The summed E-state index contributed by atoms with van der Waals surface area (Å²) in [6.45, 7) is 0.508. The summed E-state index contributed by atoms with van der Waals surface area (Å²) in [4.78, 5) is 37.0. The second-order valence-electron chi connectivity index (χ2n) is 5.00. The third-order valence-electron chi connectivity index (χ3n) is 3.54. The van der Waals surface area contributed by atoms with Crippen LogP contribution in [-0.4, -0.2) is 42.5 Å². The average molecular weight is 302 g/mol. The molecule has 0 saturated carbocycles. The van der Waals surface area contributed by atoms with Crippen LogP contribution >= 0.6 is 0 Å². The Morgan fingerprint density at radius 1 is 1.27 bits per heavy atom. The van der Waals surface area contributed by atoms with E-state index in [1.165, 1.54) is 11.0 Å². The quantitative estimate of drug-likeness (QED) is 0.794. The standard InChI is InChI=1S/C15H14N2O5/c16-13(18)12-8-17(5-6-21-12)14(19)10-7-9-3-1-2-4-11(9)22-15(10)20/h1-4,7,12H,5-6,8H2,(H2,16,18)/t12-/m1/s1. The number of carbonyl (C=O) groups excluding carboxylic acids is 2. The predicted octanol–water partition coefficient (Wildman–Crippen LogP) is 0.119. The van der Waals surface area contributed by atoms with Crippen molar-refractivity contribution in [1.29, 1.82) is 0 Å². The Balaban J connectivity index is 1.93. The van der Waals surface area contributed by atoms with Crippen molar-refractivity contribution in [3.8, 4) is 0 Å². The van der Waals surface area contributed by atoms with Crippen molar-refractivity contribution in [2.24, 2.45) is 5.73 Å². The van der Waals surface area contributed by atoms with E-state index in [9.17, 15) is 14.4 Å². The van der Waals surface area contributed by atoms with Crippen molar-refractivity contribution in [1.82, 2.24) is 4.90 Å². The molecular formula is C15H14N2O5. The molecule has 114 valence electrons. The highest BCUT2D eigenvalue weighted by atomic mass is 16.5. The van der Waals surface area contributed by atoms with Crippen LogP contribution < -0.4 is 11.4 Å². The molecule has 0 unspecified atom stereocenters. The number of carbonyl (C=O) groups is 2. The SMILES string of the molecule is NC(=O)[C@H]1CN(C(=O)c2cc3ccccc3oc2=O)CCO1. The zero-order valence-electron chi connectivity index (χ0n) is 11.7. The van der Waals surface area contributed by atoms with Gasteiger partial charge >= 0.3 is 5.63 Å². The van der Waals surface area contributed by atoms with Crippen LogP contribution in [0.25, 0.3) is 11.0 Å². The number of morpholine rings is 1. The molecule has 2 aromatic rings. The van der Waals surface area contributed by atoms with Crippen LogP contribution in [0.4, 0.5) is 0 Å². The normalized spacial score (nSPS) is 18.4. The summed E-state index contributed by atoms with van der Waals surface area (Å²) in [5, 5.41) is 0.658. The van der Waals surface area contributed by atoms with E-state index in [4.69, 9.17) is 14.9 Å². The second-order valence-corrected chi connectivity index (χ2v) is 5.00. The number of para-hydroxylation sites is 1. The summed E-state index contributed by atoms with van der Waals surface area (Å²) < 4.78 is 10.3. The number of nitrogens with zero attached hydrogens (tertiary/aromatic N) is 1. The maximum Gasteiger partial charge on any atom is 0.349 e. The molecular weight excluding hydrogens is 288 g/mol. The van der Waals surface area contributed by atoms with Gasteiger partial charge in [0.15, 0.2) is 6.10 Å². The van der Waals surface area contributed by atoms with Gasteiger partial charge in [0.25, 0.3) is 5.91 Å². The molecule has 2 heterocycles. The van der Waals surface area contributed by atoms with Gasteiger partial charge in [0.1, 0.15) is 11.1 Å². The Morgan fingerprint density at radius 2 is 2.05 bits per heavy atom. The van der Waals surface area contributed by atoms with E-state index in [2.05, 4.69) is 0 Å². The molecule has 22 heavy (non-hydrogen) atoms. The third kappa shape index (κ3) is 2.58. The Morgan fingerprint density at radius 3 is 2.82 bits per heavy atom. The topological polar surface area (TPSA) is 103 Å². The molecule has 3 rings (SSSR count). The molecule has 0 bridgehead atoms. The molecule has 1 aromatic carbocycles. The van der Waals surface area contributed by atoms with Gasteiger partial charge in [-0.05, 0) is 12.1 Å². The first kappa shape index (κ1) is 14.3. The van der Waals surface area contributed by atoms with Crippen LogP contribution in [0, 0.1) is 0 Å². The Labute approximate surface area is 125 Å². The number of ether oxygens (including phenoxy) is 1. The molecule has 2 N–H and O–H groups in total. The fourth-order valence-electron chi connectivity index (χ4n) is 2.39. The number of fused-ring (bicyclic) bond motifs is 1. The molecule has 0 spiro atoms. The predicted molar refractivity (Wildman–Crippen MR) is 77.3 cm³/mol. The maximum atomic E-state index is 12.5. The van der Waals surface area contributed by atoms with E-state index < -0.39 is 23.5 Å². The molecule has 7 heteroatoms. The largest absolute Gasteiger partial charge is 0.422 e. The molecule has 1 aliphatic rings. The van der Waals surface area contributed by atoms with Crippen molar-refractivity contribution in [3.63, 3.8) is 0 Å². The van der Waals surface area contributed by atoms with Crippen LogP contribution in [-0.2, 0) is 9.53 Å². The Bertz CT molecular complexity index is 798. The van der Waals surface area contributed by atoms with Crippen molar-refractivity contribution < 1.29 is 18.7 Å². The van der Waals surface area contributed by atoms with Crippen molar-refractivity contribution in [2.45, 2.75) is 6.10 Å². The lowest BCUT2D eigenvalue weighted by atomic mass is 10.1. The van der Waals surface area contributed by atoms with Crippen molar-refractivity contribution >= 4 is 22.8 Å². The van der Waals surface area contributed by atoms with Gasteiger partial charge in [-0.15, -0.1) is 0 Å². The molecule has 0 radical (unpaired) electrons. The zero-order chi connectivity index (χ0) is 15.7. The number of amides is 2. The summed E-state index contributed by atoms with van der Waals surface area (Å²) in [5.41, 5.74) is 4.84. The first-order valence-electron chi connectivity index (χ1n) is 6.79. The fourth-order valence-corrected chi connectivity index (χ4v) is 2.39. The van der Waals surface area contributed by atoms with Gasteiger partial charge in [-0.3, -0.25) is 9.59 Å². The molecule has 1 atom stereocenters. The molecule has 1 aliphatic heterocycles. The van der Waals surface area contributed by atoms with Crippen molar-refractivity contribution in [2.75, 3.05) is 19.7 Å². The van der Waals surface area contributed by atoms with Crippen LogP contribution in [0.5, 0.6) is 0 Å². The fraction of sp³-hybridized carbons (Fsp3) is 0.267. The first-order chi connectivity index (χ1) is 10.6. The summed E-state index contributed by atoms with van der Waals surface area (Å²) in [5.74, 6) is -1.13. The maximum absolute atomic E-state index is 12.5. The van der Waals surface area contributed by atoms with Gasteiger partial charge in [-0.2, -0.15) is 0 Å². The minimum atomic E-state index is -0.856.